The number of hydrogen-bond acceptors (Lipinski definition) is 5. The average molecular weight is 494 g/mol. The van der Waals surface area contributed by atoms with Gasteiger partial charge in [-0.25, -0.2) is 0 Å². The summed E-state index contributed by atoms with van der Waals surface area (Å²) in [5.41, 5.74) is -0.0308. The van der Waals surface area contributed by atoms with Gasteiger partial charge in [-0.1, -0.05) is 11.6 Å². The first-order valence-electron chi connectivity index (χ1n) is 10.00. The number of carbonyl (C=O) groups is 1. The second-order valence-corrected chi connectivity index (χ2v) is 8.63. The number of furan rings is 1. The Labute approximate surface area is 194 Å². The molecule has 3 aromatic rings. The standard InChI is InChI=1S/C22H15ClF3N3O3S/c23-11-5-4-9(22(24,25)26)8-10(11)14-6-7-15(32-14)17-16-12(2-1-3-13(16)30)27-19-18(17)20(31)29-21(33)28-19/h4-8,17H,1-3H2,(H3,27,28,29,31,33). The molecule has 3 N–H and O–H groups in total. The largest absolute Gasteiger partial charge is 0.460 e. The summed E-state index contributed by atoms with van der Waals surface area (Å²) in [5.74, 6) is -0.293. The Bertz CT molecular complexity index is 1450. The van der Waals surface area contributed by atoms with Crippen LogP contribution in [0.5, 0.6) is 0 Å². The van der Waals surface area contributed by atoms with Crippen LogP contribution < -0.4 is 10.9 Å². The minimum atomic E-state index is -4.55. The Hall–Kier alpha value is -3.11. The van der Waals surface area contributed by atoms with Crippen LogP contribution in [0.3, 0.4) is 0 Å². The fourth-order valence-electron chi connectivity index (χ4n) is 4.32. The van der Waals surface area contributed by atoms with Crippen LogP contribution in [0.4, 0.5) is 19.0 Å². The van der Waals surface area contributed by atoms with Crippen molar-refractivity contribution in [1.82, 2.24) is 9.97 Å². The first-order valence-corrected chi connectivity index (χ1v) is 10.8. The van der Waals surface area contributed by atoms with E-state index in [1.807, 2.05) is 0 Å². The number of allylic oxidation sites excluding steroid dienone is 2. The molecular formula is C22H15ClF3N3O3S. The van der Waals surface area contributed by atoms with Crippen LogP contribution in [0.2, 0.25) is 5.02 Å². The van der Waals surface area contributed by atoms with Crippen LogP contribution in [0, 0.1) is 4.77 Å². The van der Waals surface area contributed by atoms with Crippen molar-refractivity contribution in [1.29, 1.82) is 0 Å². The van der Waals surface area contributed by atoms with Gasteiger partial charge in [0.1, 0.15) is 17.3 Å². The van der Waals surface area contributed by atoms with Crippen molar-refractivity contribution in [3.05, 3.63) is 78.6 Å². The predicted octanol–water partition coefficient (Wildman–Crippen LogP) is 5.93. The Morgan fingerprint density at radius 3 is 2.64 bits per heavy atom. The number of hydrogen-bond donors (Lipinski definition) is 3. The minimum Gasteiger partial charge on any atom is -0.460 e. The number of aromatic amines is 2. The number of H-pyrrole nitrogens is 2. The molecule has 0 radical (unpaired) electrons. The molecule has 5 rings (SSSR count). The van der Waals surface area contributed by atoms with Crippen LogP contribution in [0.1, 0.15) is 42.1 Å². The van der Waals surface area contributed by atoms with Crippen molar-refractivity contribution in [2.24, 2.45) is 0 Å². The predicted molar refractivity (Wildman–Crippen MR) is 118 cm³/mol. The van der Waals surface area contributed by atoms with Crippen molar-refractivity contribution in [2.45, 2.75) is 31.4 Å². The van der Waals surface area contributed by atoms with Gasteiger partial charge in [-0.2, -0.15) is 13.2 Å². The first-order chi connectivity index (χ1) is 15.6. The highest BCUT2D eigenvalue weighted by Gasteiger charge is 2.39. The highest BCUT2D eigenvalue weighted by molar-refractivity contribution is 7.71. The van der Waals surface area contributed by atoms with Gasteiger partial charge in [-0.05, 0) is 55.4 Å². The summed E-state index contributed by atoms with van der Waals surface area (Å²) in [4.78, 5) is 31.1. The molecule has 0 spiro atoms. The number of anilines is 1. The van der Waals surface area contributed by atoms with Gasteiger partial charge in [0.25, 0.3) is 5.56 Å². The van der Waals surface area contributed by atoms with Gasteiger partial charge in [0, 0.05) is 23.3 Å². The van der Waals surface area contributed by atoms with Gasteiger partial charge in [0.05, 0.1) is 22.1 Å². The maximum absolute atomic E-state index is 13.2. The van der Waals surface area contributed by atoms with Crippen LogP contribution in [-0.4, -0.2) is 15.8 Å². The topological polar surface area (TPSA) is 90.9 Å². The van der Waals surface area contributed by atoms with E-state index in [2.05, 4.69) is 15.3 Å². The summed E-state index contributed by atoms with van der Waals surface area (Å²) in [7, 11) is 0. The molecule has 2 aromatic heterocycles. The maximum atomic E-state index is 13.2. The summed E-state index contributed by atoms with van der Waals surface area (Å²) in [6.45, 7) is 0. The van der Waals surface area contributed by atoms with Crippen LogP contribution >= 0.6 is 23.8 Å². The van der Waals surface area contributed by atoms with E-state index >= 15 is 0 Å². The molecule has 170 valence electrons. The molecule has 0 bridgehead atoms. The number of halogens is 4. The van der Waals surface area contributed by atoms with Crippen LogP contribution in [0.15, 0.2) is 50.8 Å². The van der Waals surface area contributed by atoms with Gasteiger partial charge in [0.15, 0.2) is 10.6 Å². The van der Waals surface area contributed by atoms with Crippen molar-refractivity contribution < 1.29 is 22.4 Å². The van der Waals surface area contributed by atoms with Crippen LogP contribution in [0.25, 0.3) is 11.3 Å². The number of Topliss-reactive ketones (excluding diaryl/α,β-unsaturated/α-hetero) is 1. The SMILES string of the molecule is O=C1CCCC2=C1C(c1ccc(-c3cc(C(F)(F)F)ccc3Cl)o1)c1c([nH]c(=S)[nH]c1=O)N2. The second-order valence-electron chi connectivity index (χ2n) is 7.82. The molecule has 1 unspecified atom stereocenters. The van der Waals surface area contributed by atoms with E-state index < -0.39 is 23.2 Å². The molecule has 0 saturated carbocycles. The molecule has 1 aromatic carbocycles. The van der Waals surface area contributed by atoms with Gasteiger partial charge in [-0.3, -0.25) is 14.6 Å². The molecular weight excluding hydrogens is 479 g/mol. The van der Waals surface area contributed by atoms with E-state index in [4.69, 9.17) is 28.2 Å². The molecule has 0 saturated heterocycles. The fraction of sp³-hybridized carbons (Fsp3) is 0.227. The quantitative estimate of drug-likeness (QED) is 0.385. The lowest BCUT2D eigenvalue weighted by Gasteiger charge is -2.31. The number of ketones is 1. The summed E-state index contributed by atoms with van der Waals surface area (Å²) in [6, 6.07) is 5.96. The fourth-order valence-corrected chi connectivity index (χ4v) is 4.73. The molecule has 1 aliphatic carbocycles. The normalized spacial score (nSPS) is 18.1. The lowest BCUT2D eigenvalue weighted by molar-refractivity contribution is -0.137. The molecule has 0 fully saturated rings. The van der Waals surface area contributed by atoms with E-state index in [0.717, 1.165) is 18.2 Å². The van der Waals surface area contributed by atoms with Crippen molar-refractivity contribution in [3.8, 4) is 11.3 Å². The van der Waals surface area contributed by atoms with E-state index in [9.17, 15) is 22.8 Å². The smallest absolute Gasteiger partial charge is 0.416 e. The van der Waals surface area contributed by atoms with Gasteiger partial charge in [-0.15, -0.1) is 0 Å². The Balaban J connectivity index is 1.68. The average Bonchev–Trinajstić information content (AvgIpc) is 3.21. The zero-order chi connectivity index (χ0) is 23.5. The van der Waals surface area contributed by atoms with Gasteiger partial charge < -0.3 is 14.7 Å². The number of fused-ring (bicyclic) bond motifs is 1. The van der Waals surface area contributed by atoms with Crippen molar-refractivity contribution in [3.63, 3.8) is 0 Å². The van der Waals surface area contributed by atoms with E-state index in [1.165, 1.54) is 6.07 Å². The summed E-state index contributed by atoms with van der Waals surface area (Å²) in [6.07, 6.45) is -2.99. The molecule has 1 aliphatic heterocycles. The molecule has 1 atom stereocenters. The molecule has 0 amide bonds. The highest BCUT2D eigenvalue weighted by atomic mass is 35.5. The second kappa shape index (κ2) is 7.74. The monoisotopic (exact) mass is 493 g/mol. The number of carbonyl (C=O) groups excluding carboxylic acids is 1. The molecule has 2 aliphatic rings. The zero-order valence-electron chi connectivity index (χ0n) is 16.7. The van der Waals surface area contributed by atoms with E-state index in [-0.39, 0.29) is 38.2 Å². The number of alkyl halides is 3. The molecule has 33 heavy (non-hydrogen) atoms. The number of nitrogens with one attached hydrogen (secondary N) is 3. The Morgan fingerprint density at radius 1 is 1.09 bits per heavy atom. The summed E-state index contributed by atoms with van der Waals surface area (Å²) >= 11 is 11.2. The number of benzene rings is 1. The Morgan fingerprint density at radius 2 is 1.88 bits per heavy atom. The lowest BCUT2D eigenvalue weighted by Crippen LogP contribution is -2.32. The third-order valence-electron chi connectivity index (χ3n) is 5.76. The lowest BCUT2D eigenvalue weighted by atomic mass is 9.79. The van der Waals surface area contributed by atoms with E-state index in [1.54, 1.807) is 6.07 Å². The van der Waals surface area contributed by atoms with Gasteiger partial charge in [0.2, 0.25) is 0 Å². The summed E-state index contributed by atoms with van der Waals surface area (Å²) in [5, 5.41) is 3.19. The third kappa shape index (κ3) is 3.72. The maximum Gasteiger partial charge on any atom is 0.416 e. The van der Waals surface area contributed by atoms with Crippen molar-refractivity contribution >= 4 is 35.4 Å². The molecule has 3 heterocycles. The highest BCUT2D eigenvalue weighted by Crippen LogP contribution is 2.45. The molecule has 6 nitrogen and oxygen atoms in total. The van der Waals surface area contributed by atoms with E-state index in [0.29, 0.717) is 36.4 Å². The third-order valence-corrected chi connectivity index (χ3v) is 6.29. The zero-order valence-corrected chi connectivity index (χ0v) is 18.3. The van der Waals surface area contributed by atoms with Crippen molar-refractivity contribution in [2.75, 3.05) is 5.32 Å². The summed E-state index contributed by atoms with van der Waals surface area (Å²) < 4.78 is 45.7. The number of rotatable bonds is 2. The number of aromatic nitrogens is 2. The first kappa shape index (κ1) is 21.7. The Kier molecular flexibility index (Phi) is 5.09. The molecule has 11 heteroatoms. The van der Waals surface area contributed by atoms with Crippen LogP contribution in [-0.2, 0) is 11.0 Å². The van der Waals surface area contributed by atoms with Gasteiger partial charge >= 0.3 is 6.18 Å². The minimum absolute atomic E-state index is 0.0532.